The Bertz CT molecular complexity index is 502. The second-order valence-electron chi connectivity index (χ2n) is 4.24. The number of carbonyl (C=O) groups is 1. The minimum absolute atomic E-state index is 0.155. The number of carbonyl (C=O) groups excluding carboxylic acids is 1. The third kappa shape index (κ3) is 3.74. The van der Waals surface area contributed by atoms with E-state index in [-0.39, 0.29) is 5.12 Å². The van der Waals surface area contributed by atoms with Crippen LogP contribution in [0.1, 0.15) is 21.5 Å². The summed E-state index contributed by atoms with van der Waals surface area (Å²) in [7, 11) is 0. The zero-order chi connectivity index (χ0) is 12.8. The molecule has 0 unspecified atom stereocenters. The smallest absolute Gasteiger partial charge is 0.219 e. The van der Waals surface area contributed by atoms with Crippen LogP contribution in [0.5, 0.6) is 0 Å². The molecule has 1 nitrogen and oxygen atoms in total. The van der Waals surface area contributed by atoms with Crippen molar-refractivity contribution in [2.45, 2.75) is 13.3 Å². The van der Waals surface area contributed by atoms with Gasteiger partial charge in [0.2, 0.25) is 5.12 Å². The molecule has 0 bridgehead atoms. The summed E-state index contributed by atoms with van der Waals surface area (Å²) >= 11 is 1.39. The highest BCUT2D eigenvalue weighted by Crippen LogP contribution is 2.14. The number of hydrogen-bond acceptors (Lipinski definition) is 2. The Kier molecular flexibility index (Phi) is 4.59. The molecule has 2 aromatic rings. The minimum Gasteiger partial charge on any atom is -0.282 e. The predicted octanol–water partition coefficient (Wildman–Crippen LogP) is 4.11. The molecule has 0 heterocycles. The second-order valence-corrected chi connectivity index (χ2v) is 5.31. The lowest BCUT2D eigenvalue weighted by atomic mass is 10.1. The fourth-order valence-corrected chi connectivity index (χ4v) is 2.50. The molecule has 2 rings (SSSR count). The van der Waals surface area contributed by atoms with Gasteiger partial charge in [0.1, 0.15) is 0 Å². The molecule has 0 saturated heterocycles. The van der Waals surface area contributed by atoms with Gasteiger partial charge in [0.25, 0.3) is 0 Å². The molecule has 0 saturated carbocycles. The van der Waals surface area contributed by atoms with E-state index in [0.29, 0.717) is 0 Å². The van der Waals surface area contributed by atoms with E-state index < -0.39 is 0 Å². The zero-order valence-corrected chi connectivity index (χ0v) is 11.2. The maximum atomic E-state index is 11.9. The lowest BCUT2D eigenvalue weighted by Gasteiger charge is -2.02. The highest BCUT2D eigenvalue weighted by atomic mass is 32.2. The van der Waals surface area contributed by atoms with E-state index >= 15 is 0 Å². The van der Waals surface area contributed by atoms with Crippen molar-refractivity contribution in [2.75, 3.05) is 5.75 Å². The summed E-state index contributed by atoms with van der Waals surface area (Å²) in [4.78, 5) is 11.9. The summed E-state index contributed by atoms with van der Waals surface area (Å²) in [6.45, 7) is 2.08. The quantitative estimate of drug-likeness (QED) is 0.819. The van der Waals surface area contributed by atoms with Crippen LogP contribution in [0.2, 0.25) is 0 Å². The molecule has 0 aliphatic heterocycles. The van der Waals surface area contributed by atoms with Crippen molar-refractivity contribution in [3.05, 3.63) is 71.3 Å². The van der Waals surface area contributed by atoms with Crippen molar-refractivity contribution in [1.82, 2.24) is 0 Å². The van der Waals surface area contributed by atoms with Crippen molar-refractivity contribution in [3.8, 4) is 0 Å². The van der Waals surface area contributed by atoms with Gasteiger partial charge in [-0.2, -0.15) is 0 Å². The first-order valence-electron chi connectivity index (χ1n) is 6.03. The highest BCUT2D eigenvalue weighted by Gasteiger charge is 2.05. The lowest BCUT2D eigenvalue weighted by molar-refractivity contribution is 0.108. The second kappa shape index (κ2) is 6.41. The summed E-state index contributed by atoms with van der Waals surface area (Å²) in [6.07, 6.45) is 0.934. The first-order chi connectivity index (χ1) is 8.75. The standard InChI is InChI=1S/C16H16OS/c1-13-7-9-14(10-8-13)11-12-18-16(17)15-5-3-2-4-6-15/h2-10H,11-12H2,1H3. The van der Waals surface area contributed by atoms with Crippen molar-refractivity contribution < 1.29 is 4.79 Å². The summed E-state index contributed by atoms with van der Waals surface area (Å²) in [5, 5.41) is 0.155. The molecule has 0 aliphatic carbocycles. The average molecular weight is 256 g/mol. The van der Waals surface area contributed by atoms with Crippen LogP contribution in [-0.2, 0) is 6.42 Å². The van der Waals surface area contributed by atoms with Gasteiger partial charge in [-0.1, -0.05) is 71.9 Å². The van der Waals surface area contributed by atoms with E-state index in [1.807, 2.05) is 30.3 Å². The van der Waals surface area contributed by atoms with Crippen LogP contribution >= 0.6 is 11.8 Å². The van der Waals surface area contributed by atoms with Gasteiger partial charge in [0.15, 0.2) is 0 Å². The van der Waals surface area contributed by atoms with Crippen LogP contribution in [0.4, 0.5) is 0 Å². The molecule has 0 fully saturated rings. The molecule has 0 atom stereocenters. The van der Waals surface area contributed by atoms with Crippen LogP contribution < -0.4 is 0 Å². The minimum atomic E-state index is 0.155. The summed E-state index contributed by atoms with van der Waals surface area (Å²) < 4.78 is 0. The van der Waals surface area contributed by atoms with Crippen LogP contribution in [0.3, 0.4) is 0 Å². The van der Waals surface area contributed by atoms with Crippen molar-refractivity contribution in [1.29, 1.82) is 0 Å². The first kappa shape index (κ1) is 12.9. The van der Waals surface area contributed by atoms with E-state index in [0.717, 1.165) is 17.7 Å². The van der Waals surface area contributed by atoms with Gasteiger partial charge < -0.3 is 0 Å². The summed E-state index contributed by atoms with van der Waals surface area (Å²) in [6, 6.07) is 17.9. The van der Waals surface area contributed by atoms with Gasteiger partial charge >= 0.3 is 0 Å². The SMILES string of the molecule is Cc1ccc(CCSC(=O)c2ccccc2)cc1. The van der Waals surface area contributed by atoms with Gasteiger partial charge in [-0.15, -0.1) is 0 Å². The van der Waals surface area contributed by atoms with Crippen LogP contribution in [0.15, 0.2) is 54.6 Å². The lowest BCUT2D eigenvalue weighted by Crippen LogP contribution is -1.96. The van der Waals surface area contributed by atoms with E-state index in [1.54, 1.807) is 0 Å². The van der Waals surface area contributed by atoms with Crippen LogP contribution in [-0.4, -0.2) is 10.9 Å². The molecule has 0 aliphatic rings. The van der Waals surface area contributed by atoms with Gasteiger partial charge in [-0.3, -0.25) is 4.79 Å². The normalized spacial score (nSPS) is 10.3. The predicted molar refractivity (Wildman–Crippen MR) is 78.1 cm³/mol. The molecule has 0 aromatic heterocycles. The molecule has 2 heteroatoms. The molecular formula is C16H16OS. The molecule has 18 heavy (non-hydrogen) atoms. The number of benzene rings is 2. The van der Waals surface area contributed by atoms with Crippen LogP contribution in [0.25, 0.3) is 0 Å². The Balaban J connectivity index is 1.82. The maximum Gasteiger partial charge on any atom is 0.219 e. The summed E-state index contributed by atoms with van der Waals surface area (Å²) in [5.74, 6) is 0.830. The van der Waals surface area contributed by atoms with Crippen molar-refractivity contribution in [3.63, 3.8) is 0 Å². The Hall–Kier alpha value is -1.54. The third-order valence-electron chi connectivity index (χ3n) is 2.75. The molecule has 0 amide bonds. The Labute approximate surface area is 112 Å². The monoisotopic (exact) mass is 256 g/mol. The number of aryl methyl sites for hydroxylation is 2. The molecule has 0 radical (unpaired) electrons. The molecule has 0 spiro atoms. The van der Waals surface area contributed by atoms with E-state index in [1.165, 1.54) is 22.9 Å². The molecule has 0 N–H and O–H groups in total. The van der Waals surface area contributed by atoms with E-state index in [4.69, 9.17) is 0 Å². The van der Waals surface area contributed by atoms with Gasteiger partial charge in [0, 0.05) is 11.3 Å². The summed E-state index contributed by atoms with van der Waals surface area (Å²) in [5.41, 5.74) is 3.34. The highest BCUT2D eigenvalue weighted by molar-refractivity contribution is 8.14. The zero-order valence-electron chi connectivity index (χ0n) is 10.4. The average Bonchev–Trinajstić information content (AvgIpc) is 2.42. The number of hydrogen-bond donors (Lipinski definition) is 0. The third-order valence-corrected chi connectivity index (χ3v) is 3.66. The first-order valence-corrected chi connectivity index (χ1v) is 7.02. The van der Waals surface area contributed by atoms with Gasteiger partial charge in [-0.05, 0) is 18.9 Å². The molecule has 2 aromatic carbocycles. The van der Waals surface area contributed by atoms with Crippen LogP contribution in [0, 0.1) is 6.92 Å². The Morgan fingerprint density at radius 1 is 1.00 bits per heavy atom. The van der Waals surface area contributed by atoms with Gasteiger partial charge in [0.05, 0.1) is 0 Å². The van der Waals surface area contributed by atoms with Crippen molar-refractivity contribution in [2.24, 2.45) is 0 Å². The van der Waals surface area contributed by atoms with E-state index in [2.05, 4.69) is 31.2 Å². The Morgan fingerprint density at radius 3 is 2.33 bits per heavy atom. The fourth-order valence-electron chi connectivity index (χ4n) is 1.67. The molecular weight excluding hydrogens is 240 g/mol. The van der Waals surface area contributed by atoms with Crippen molar-refractivity contribution >= 4 is 16.9 Å². The fraction of sp³-hybridized carbons (Fsp3) is 0.188. The number of thioether (sulfide) groups is 1. The maximum absolute atomic E-state index is 11.9. The van der Waals surface area contributed by atoms with Gasteiger partial charge in [-0.25, -0.2) is 0 Å². The Morgan fingerprint density at radius 2 is 1.67 bits per heavy atom. The number of rotatable bonds is 4. The van der Waals surface area contributed by atoms with E-state index in [9.17, 15) is 4.79 Å². The topological polar surface area (TPSA) is 17.1 Å². The largest absolute Gasteiger partial charge is 0.282 e. The molecule has 92 valence electrons.